The van der Waals surface area contributed by atoms with Gasteiger partial charge in [0.25, 0.3) is 0 Å². The summed E-state index contributed by atoms with van der Waals surface area (Å²) in [5.74, 6) is -0.0974. The van der Waals surface area contributed by atoms with Crippen LogP contribution in [0, 0.1) is 0 Å². The van der Waals surface area contributed by atoms with Crippen molar-refractivity contribution in [2.75, 3.05) is 12.4 Å². The zero-order valence-electron chi connectivity index (χ0n) is 13.1. The van der Waals surface area contributed by atoms with Crippen molar-refractivity contribution in [2.45, 2.75) is 0 Å². The van der Waals surface area contributed by atoms with E-state index in [0.717, 1.165) is 0 Å². The third-order valence-corrected chi connectivity index (χ3v) is 4.03. The van der Waals surface area contributed by atoms with E-state index < -0.39 is 5.97 Å². The number of rotatable bonds is 4. The number of methoxy groups -OCH3 is 1. The van der Waals surface area contributed by atoms with Gasteiger partial charge in [-0.3, -0.25) is 9.59 Å². The van der Waals surface area contributed by atoms with E-state index in [9.17, 15) is 14.7 Å². The SMILES string of the molecule is COc1ccc(-c2coc3cc(OC(=O)CBr)cc(O)c3c2=O)cc1. The standard InChI is InChI=1S/C18H13BrO6/c1-23-11-4-2-10(3-5-11)13-9-24-15-7-12(25-16(21)8-19)6-14(20)17(15)18(13)22/h2-7,9,20H,8H2,1H3. The lowest BCUT2D eigenvalue weighted by atomic mass is 10.0. The molecule has 0 aliphatic carbocycles. The van der Waals surface area contributed by atoms with Crippen LogP contribution in [0.2, 0.25) is 0 Å². The van der Waals surface area contributed by atoms with Crippen molar-refractivity contribution in [1.29, 1.82) is 0 Å². The van der Waals surface area contributed by atoms with Crippen molar-refractivity contribution in [1.82, 2.24) is 0 Å². The molecule has 1 aromatic heterocycles. The van der Waals surface area contributed by atoms with Crippen LogP contribution in [-0.4, -0.2) is 23.5 Å². The molecule has 0 fully saturated rings. The molecule has 0 spiro atoms. The molecule has 128 valence electrons. The van der Waals surface area contributed by atoms with E-state index in [1.54, 1.807) is 31.4 Å². The van der Waals surface area contributed by atoms with Gasteiger partial charge < -0.3 is 19.0 Å². The second-order valence-corrected chi connectivity index (χ2v) is 5.69. The molecule has 0 aliphatic heterocycles. The third-order valence-electron chi connectivity index (χ3n) is 3.57. The Morgan fingerprint density at radius 1 is 1.20 bits per heavy atom. The molecular weight excluding hydrogens is 392 g/mol. The van der Waals surface area contributed by atoms with Crippen LogP contribution in [0.1, 0.15) is 0 Å². The van der Waals surface area contributed by atoms with Crippen LogP contribution in [0.25, 0.3) is 22.1 Å². The number of phenolic OH excluding ortho intramolecular Hbond substituents is 1. The fourth-order valence-corrected chi connectivity index (χ4v) is 2.51. The minimum absolute atomic E-state index is 0.00611. The van der Waals surface area contributed by atoms with E-state index in [4.69, 9.17) is 13.9 Å². The van der Waals surface area contributed by atoms with Gasteiger partial charge in [0.15, 0.2) is 0 Å². The molecule has 0 saturated carbocycles. The average Bonchev–Trinajstić information content (AvgIpc) is 2.61. The van der Waals surface area contributed by atoms with Crippen LogP contribution in [0.5, 0.6) is 17.2 Å². The largest absolute Gasteiger partial charge is 0.507 e. The molecule has 0 bridgehead atoms. The predicted octanol–water partition coefficient (Wildman–Crippen LogP) is 3.47. The highest BCUT2D eigenvalue weighted by Crippen LogP contribution is 2.30. The lowest BCUT2D eigenvalue weighted by Gasteiger charge is -2.08. The number of alkyl halides is 1. The van der Waals surface area contributed by atoms with Gasteiger partial charge in [0, 0.05) is 12.1 Å². The number of fused-ring (bicyclic) bond motifs is 1. The van der Waals surface area contributed by atoms with Crippen molar-refractivity contribution >= 4 is 32.9 Å². The van der Waals surface area contributed by atoms with Gasteiger partial charge in [-0.05, 0) is 17.7 Å². The number of carbonyl (C=O) groups excluding carboxylic acids is 1. The van der Waals surface area contributed by atoms with Gasteiger partial charge in [-0.2, -0.15) is 0 Å². The Morgan fingerprint density at radius 3 is 2.56 bits per heavy atom. The van der Waals surface area contributed by atoms with E-state index in [2.05, 4.69) is 15.9 Å². The quantitative estimate of drug-likeness (QED) is 0.407. The molecule has 7 heteroatoms. The van der Waals surface area contributed by atoms with Crippen molar-refractivity contribution in [3.63, 3.8) is 0 Å². The maximum Gasteiger partial charge on any atom is 0.321 e. The predicted molar refractivity (Wildman–Crippen MR) is 95.6 cm³/mol. The molecule has 1 N–H and O–H groups in total. The van der Waals surface area contributed by atoms with E-state index >= 15 is 0 Å². The normalized spacial score (nSPS) is 10.6. The van der Waals surface area contributed by atoms with Crippen LogP contribution >= 0.6 is 15.9 Å². The van der Waals surface area contributed by atoms with Gasteiger partial charge >= 0.3 is 5.97 Å². The maximum atomic E-state index is 12.7. The number of carbonyl (C=O) groups is 1. The third kappa shape index (κ3) is 3.36. The van der Waals surface area contributed by atoms with Gasteiger partial charge in [0.05, 0.1) is 12.7 Å². The fourth-order valence-electron chi connectivity index (χ4n) is 2.40. The molecule has 0 saturated heterocycles. The van der Waals surface area contributed by atoms with Gasteiger partial charge in [0.2, 0.25) is 5.43 Å². The Labute approximate surface area is 150 Å². The molecule has 1 heterocycles. The number of hydrogen-bond donors (Lipinski definition) is 1. The summed E-state index contributed by atoms with van der Waals surface area (Å²) in [5.41, 5.74) is 0.670. The molecule has 2 aromatic carbocycles. The molecule has 0 amide bonds. The summed E-state index contributed by atoms with van der Waals surface area (Å²) < 4.78 is 15.6. The summed E-state index contributed by atoms with van der Waals surface area (Å²) in [6.45, 7) is 0. The van der Waals surface area contributed by atoms with Crippen LogP contribution in [0.3, 0.4) is 0 Å². The summed E-state index contributed by atoms with van der Waals surface area (Å²) in [7, 11) is 1.55. The Morgan fingerprint density at radius 2 is 1.92 bits per heavy atom. The number of benzene rings is 2. The van der Waals surface area contributed by atoms with E-state index in [1.807, 2.05) is 0 Å². The number of esters is 1. The first-order valence-corrected chi connectivity index (χ1v) is 8.35. The van der Waals surface area contributed by atoms with Gasteiger partial charge in [-0.25, -0.2) is 0 Å². The van der Waals surface area contributed by atoms with Crippen LogP contribution < -0.4 is 14.9 Å². The van der Waals surface area contributed by atoms with Crippen LogP contribution in [0.4, 0.5) is 0 Å². The summed E-state index contributed by atoms with van der Waals surface area (Å²) >= 11 is 2.98. The highest BCUT2D eigenvalue weighted by atomic mass is 79.9. The van der Waals surface area contributed by atoms with Crippen molar-refractivity contribution < 1.29 is 23.8 Å². The second-order valence-electron chi connectivity index (χ2n) is 5.13. The van der Waals surface area contributed by atoms with Gasteiger partial charge in [0.1, 0.15) is 39.8 Å². The first-order valence-electron chi connectivity index (χ1n) is 7.23. The maximum absolute atomic E-state index is 12.7. The number of ether oxygens (including phenoxy) is 2. The summed E-state index contributed by atoms with van der Waals surface area (Å²) in [4.78, 5) is 24.1. The molecule has 0 aliphatic rings. The number of hydrogen-bond acceptors (Lipinski definition) is 6. The minimum Gasteiger partial charge on any atom is -0.507 e. The number of aromatic hydroxyl groups is 1. The topological polar surface area (TPSA) is 86.0 Å². The Bertz CT molecular complexity index is 991. The molecule has 0 radical (unpaired) electrons. The first kappa shape index (κ1) is 17.0. The smallest absolute Gasteiger partial charge is 0.321 e. The zero-order valence-corrected chi connectivity index (χ0v) is 14.7. The Balaban J connectivity index is 2.10. The molecule has 0 unspecified atom stereocenters. The lowest BCUT2D eigenvalue weighted by Crippen LogP contribution is -2.09. The first-order chi connectivity index (χ1) is 12.0. The van der Waals surface area contributed by atoms with E-state index in [0.29, 0.717) is 16.9 Å². The van der Waals surface area contributed by atoms with Gasteiger partial charge in [-0.15, -0.1) is 0 Å². The zero-order chi connectivity index (χ0) is 18.0. The highest BCUT2D eigenvalue weighted by Gasteiger charge is 2.15. The summed E-state index contributed by atoms with van der Waals surface area (Å²) in [6, 6.07) is 9.48. The summed E-state index contributed by atoms with van der Waals surface area (Å²) in [5, 5.41) is 10.2. The monoisotopic (exact) mass is 404 g/mol. The van der Waals surface area contributed by atoms with Crippen LogP contribution in [0.15, 0.2) is 51.9 Å². The summed E-state index contributed by atoms with van der Waals surface area (Å²) in [6.07, 6.45) is 1.31. The Kier molecular flexibility index (Phi) is 4.76. The molecular formula is C18H13BrO6. The number of phenols is 1. The van der Waals surface area contributed by atoms with Gasteiger partial charge in [-0.1, -0.05) is 28.1 Å². The molecule has 6 nitrogen and oxygen atoms in total. The molecule has 25 heavy (non-hydrogen) atoms. The van der Waals surface area contributed by atoms with Crippen LogP contribution in [-0.2, 0) is 4.79 Å². The minimum atomic E-state index is -0.532. The van der Waals surface area contributed by atoms with Crippen molar-refractivity contribution in [3.8, 4) is 28.4 Å². The van der Waals surface area contributed by atoms with E-state index in [1.165, 1.54) is 18.4 Å². The van der Waals surface area contributed by atoms with E-state index in [-0.39, 0.29) is 33.2 Å². The lowest BCUT2D eigenvalue weighted by molar-refractivity contribution is -0.131. The fraction of sp³-hybridized carbons (Fsp3) is 0.111. The Hall–Kier alpha value is -2.80. The molecule has 3 rings (SSSR count). The average molecular weight is 405 g/mol. The van der Waals surface area contributed by atoms with Crippen molar-refractivity contribution in [3.05, 3.63) is 52.9 Å². The number of halogens is 1. The van der Waals surface area contributed by atoms with Crippen molar-refractivity contribution in [2.24, 2.45) is 0 Å². The highest BCUT2D eigenvalue weighted by molar-refractivity contribution is 9.09. The molecule has 0 atom stereocenters. The second kappa shape index (κ2) is 6.98. The molecule has 3 aromatic rings.